The highest BCUT2D eigenvalue weighted by Crippen LogP contribution is 2.28. The third-order valence-corrected chi connectivity index (χ3v) is 5.66. The third kappa shape index (κ3) is 3.80. The van der Waals surface area contributed by atoms with Gasteiger partial charge in [0.1, 0.15) is 0 Å². The summed E-state index contributed by atoms with van der Waals surface area (Å²) in [6.07, 6.45) is 0. The Morgan fingerprint density at radius 3 is 2.71 bits per heavy atom. The Hall–Kier alpha value is -1.83. The Balaban J connectivity index is 1.73. The molecule has 1 aliphatic rings. The fraction of sp³-hybridized carbons (Fsp3) is 0.188. The quantitative estimate of drug-likeness (QED) is 0.852. The molecular weight excluding hydrogens is 366 g/mol. The first-order chi connectivity index (χ1) is 11.5. The minimum absolute atomic E-state index is 0.205. The zero-order valence-corrected chi connectivity index (χ0v) is 15.1. The van der Waals surface area contributed by atoms with E-state index in [2.05, 4.69) is 15.6 Å². The number of carbonyl (C=O) groups excluding carboxylic acids is 2. The predicted molar refractivity (Wildman–Crippen MR) is 101 cm³/mol. The summed E-state index contributed by atoms with van der Waals surface area (Å²) in [6.45, 7) is 2.56. The number of aryl methyl sites for hydroxylation is 1. The number of halogens is 1. The summed E-state index contributed by atoms with van der Waals surface area (Å²) >= 11 is 8.78. The van der Waals surface area contributed by atoms with Crippen molar-refractivity contribution in [1.29, 1.82) is 0 Å². The highest BCUT2D eigenvalue weighted by atomic mass is 35.5. The summed E-state index contributed by atoms with van der Waals surface area (Å²) in [4.78, 5) is 29.4. The van der Waals surface area contributed by atoms with Gasteiger partial charge in [0.05, 0.1) is 27.0 Å². The number of benzene rings is 1. The van der Waals surface area contributed by atoms with Gasteiger partial charge < -0.3 is 10.6 Å². The van der Waals surface area contributed by atoms with Crippen LogP contribution < -0.4 is 10.6 Å². The smallest absolute Gasteiger partial charge is 0.267 e. The number of anilines is 1. The zero-order chi connectivity index (χ0) is 17.1. The molecule has 2 aromatic rings. The molecule has 0 bridgehead atoms. The largest absolute Gasteiger partial charge is 0.313 e. The first kappa shape index (κ1) is 17.0. The highest BCUT2D eigenvalue weighted by Gasteiger charge is 2.18. The number of aliphatic imine (C=N–C) groups is 1. The fourth-order valence-electron chi connectivity index (χ4n) is 2.16. The topological polar surface area (TPSA) is 70.6 Å². The van der Waals surface area contributed by atoms with Crippen molar-refractivity contribution in [3.8, 4) is 0 Å². The monoisotopic (exact) mass is 379 g/mol. The molecule has 0 radical (unpaired) electrons. The van der Waals surface area contributed by atoms with Gasteiger partial charge >= 0.3 is 0 Å². The number of hydrogen-bond donors (Lipinski definition) is 2. The number of hydrogen-bond acceptors (Lipinski definition) is 5. The maximum atomic E-state index is 12.3. The Morgan fingerprint density at radius 1 is 1.21 bits per heavy atom. The van der Waals surface area contributed by atoms with E-state index in [1.54, 1.807) is 30.3 Å². The molecular formula is C16H14ClN3O2S2. The van der Waals surface area contributed by atoms with Crippen molar-refractivity contribution in [2.75, 3.05) is 17.6 Å². The molecule has 1 aliphatic heterocycles. The first-order valence-electron chi connectivity index (χ1n) is 7.19. The lowest BCUT2D eigenvalue weighted by Gasteiger charge is -2.04. The van der Waals surface area contributed by atoms with Crippen LogP contribution in [0.3, 0.4) is 0 Å². The van der Waals surface area contributed by atoms with E-state index in [-0.39, 0.29) is 11.8 Å². The summed E-state index contributed by atoms with van der Waals surface area (Å²) in [7, 11) is 0. The first-order valence-corrected chi connectivity index (χ1v) is 9.37. The van der Waals surface area contributed by atoms with Crippen molar-refractivity contribution in [1.82, 2.24) is 5.32 Å². The number of thiophene rings is 1. The van der Waals surface area contributed by atoms with Crippen LogP contribution in [-0.4, -0.2) is 29.3 Å². The molecule has 24 heavy (non-hydrogen) atoms. The van der Waals surface area contributed by atoms with Gasteiger partial charge in [0.25, 0.3) is 11.8 Å². The summed E-state index contributed by atoms with van der Waals surface area (Å²) in [5.41, 5.74) is 1.20. The summed E-state index contributed by atoms with van der Waals surface area (Å²) in [5, 5.41) is 7.22. The van der Waals surface area contributed by atoms with Gasteiger partial charge in [0.2, 0.25) is 0 Å². The second-order valence-electron chi connectivity index (χ2n) is 5.05. The molecule has 2 heterocycles. The van der Waals surface area contributed by atoms with Crippen molar-refractivity contribution in [3.05, 3.63) is 51.4 Å². The fourth-order valence-corrected chi connectivity index (χ4v) is 4.07. The van der Waals surface area contributed by atoms with E-state index in [9.17, 15) is 9.59 Å². The number of amides is 2. The van der Waals surface area contributed by atoms with Gasteiger partial charge in [-0.2, -0.15) is 0 Å². The summed E-state index contributed by atoms with van der Waals surface area (Å²) < 4.78 is 0. The second-order valence-corrected chi connectivity index (χ2v) is 7.59. The molecule has 0 unspecified atom stereocenters. The number of rotatable bonds is 3. The van der Waals surface area contributed by atoms with Gasteiger partial charge in [0, 0.05) is 5.75 Å². The molecule has 1 aromatic carbocycles. The number of carbonyl (C=O) groups is 2. The van der Waals surface area contributed by atoms with Crippen LogP contribution in [0.1, 0.15) is 25.6 Å². The molecule has 2 amide bonds. The van der Waals surface area contributed by atoms with Crippen LogP contribution in [0.4, 0.5) is 5.00 Å². The van der Waals surface area contributed by atoms with Crippen LogP contribution in [0, 0.1) is 6.92 Å². The summed E-state index contributed by atoms with van der Waals surface area (Å²) in [5.74, 6) is 0.381. The number of thioether (sulfide) groups is 1. The van der Waals surface area contributed by atoms with Crippen molar-refractivity contribution in [2.24, 2.45) is 4.99 Å². The number of nitrogens with zero attached hydrogens (tertiary/aromatic N) is 1. The maximum Gasteiger partial charge on any atom is 0.267 e. The van der Waals surface area contributed by atoms with Crippen molar-refractivity contribution < 1.29 is 9.59 Å². The van der Waals surface area contributed by atoms with Gasteiger partial charge in [-0.3, -0.25) is 14.6 Å². The van der Waals surface area contributed by atoms with Crippen LogP contribution in [0.5, 0.6) is 0 Å². The predicted octanol–water partition coefficient (Wildman–Crippen LogP) is 3.79. The van der Waals surface area contributed by atoms with E-state index in [0.717, 1.165) is 17.9 Å². The van der Waals surface area contributed by atoms with Crippen molar-refractivity contribution >= 4 is 56.7 Å². The normalized spacial score (nSPS) is 13.5. The SMILES string of the molecule is Cc1cc(NC(=O)c2ccccc2Cl)sc1C(=O)NC1=NCCS1. The average Bonchev–Trinajstić information content (AvgIpc) is 3.17. The lowest BCUT2D eigenvalue weighted by atomic mass is 10.2. The van der Waals surface area contributed by atoms with Crippen LogP contribution in [0.2, 0.25) is 5.02 Å². The second kappa shape index (κ2) is 7.38. The summed E-state index contributed by atoms with van der Waals surface area (Å²) in [6, 6.07) is 8.61. The van der Waals surface area contributed by atoms with E-state index in [1.165, 1.54) is 23.1 Å². The molecule has 8 heteroatoms. The minimum Gasteiger partial charge on any atom is -0.313 e. The lowest BCUT2D eigenvalue weighted by molar-refractivity contribution is 0.0979. The molecule has 0 atom stereocenters. The third-order valence-electron chi connectivity index (χ3n) is 3.29. The van der Waals surface area contributed by atoms with E-state index >= 15 is 0 Å². The standard InChI is InChI=1S/C16H14ClN3O2S2/c1-9-8-12(19-14(21)10-4-2-3-5-11(10)17)24-13(9)15(22)20-16-18-6-7-23-16/h2-5,8H,6-7H2,1H3,(H,19,21)(H,18,20,22). The molecule has 5 nitrogen and oxygen atoms in total. The molecule has 124 valence electrons. The van der Waals surface area contributed by atoms with Gasteiger partial charge in [-0.15, -0.1) is 11.3 Å². The molecule has 0 fully saturated rings. The zero-order valence-electron chi connectivity index (χ0n) is 12.8. The Morgan fingerprint density at radius 2 is 2.00 bits per heavy atom. The van der Waals surface area contributed by atoms with Crippen molar-refractivity contribution in [2.45, 2.75) is 6.92 Å². The Bertz CT molecular complexity index is 832. The van der Waals surface area contributed by atoms with Gasteiger partial charge in [-0.25, -0.2) is 0 Å². The van der Waals surface area contributed by atoms with E-state index in [0.29, 0.717) is 25.6 Å². The minimum atomic E-state index is -0.301. The van der Waals surface area contributed by atoms with Crippen LogP contribution in [0.15, 0.2) is 35.3 Å². The molecule has 3 rings (SSSR count). The molecule has 1 aromatic heterocycles. The Labute approximate surface area is 152 Å². The van der Waals surface area contributed by atoms with E-state index in [1.807, 2.05) is 6.92 Å². The van der Waals surface area contributed by atoms with E-state index in [4.69, 9.17) is 11.6 Å². The maximum absolute atomic E-state index is 12.3. The van der Waals surface area contributed by atoms with E-state index < -0.39 is 0 Å². The molecule has 0 saturated heterocycles. The van der Waals surface area contributed by atoms with Crippen LogP contribution in [-0.2, 0) is 0 Å². The van der Waals surface area contributed by atoms with Gasteiger partial charge in [-0.1, -0.05) is 35.5 Å². The molecule has 0 saturated carbocycles. The van der Waals surface area contributed by atoms with Crippen LogP contribution in [0.25, 0.3) is 0 Å². The highest BCUT2D eigenvalue weighted by molar-refractivity contribution is 8.14. The molecule has 0 aliphatic carbocycles. The molecule has 2 N–H and O–H groups in total. The van der Waals surface area contributed by atoms with Crippen LogP contribution >= 0.6 is 34.7 Å². The molecule has 0 spiro atoms. The van der Waals surface area contributed by atoms with Gasteiger partial charge in [-0.05, 0) is 30.7 Å². The Kier molecular flexibility index (Phi) is 5.23. The average molecular weight is 380 g/mol. The lowest BCUT2D eigenvalue weighted by Crippen LogP contribution is -2.27. The van der Waals surface area contributed by atoms with Crippen molar-refractivity contribution in [3.63, 3.8) is 0 Å². The number of amidine groups is 1. The van der Waals surface area contributed by atoms with Gasteiger partial charge in [0.15, 0.2) is 5.17 Å². The number of nitrogens with one attached hydrogen (secondary N) is 2.